The van der Waals surface area contributed by atoms with Gasteiger partial charge in [0.25, 0.3) is 5.91 Å². The summed E-state index contributed by atoms with van der Waals surface area (Å²) in [5, 5.41) is 1.11. The Morgan fingerprint density at radius 1 is 0.935 bits per heavy atom. The van der Waals surface area contributed by atoms with Crippen molar-refractivity contribution < 1.29 is 28.7 Å². The predicted octanol–water partition coefficient (Wildman–Crippen LogP) is 3.25. The first-order valence-electron chi connectivity index (χ1n) is 10.5. The Kier molecular flexibility index (Phi) is 7.78. The van der Waals surface area contributed by atoms with E-state index in [2.05, 4.69) is 0 Å². The zero-order valence-electron chi connectivity index (χ0n) is 17.7. The van der Waals surface area contributed by atoms with E-state index in [0.29, 0.717) is 12.8 Å². The van der Waals surface area contributed by atoms with Crippen LogP contribution in [0.15, 0.2) is 60.7 Å². The first kappa shape index (κ1) is 22.5. The van der Waals surface area contributed by atoms with Gasteiger partial charge in [-0.15, -0.1) is 0 Å². The third-order valence-electron chi connectivity index (χ3n) is 5.06. The van der Waals surface area contributed by atoms with Crippen molar-refractivity contribution in [2.75, 3.05) is 13.2 Å². The van der Waals surface area contributed by atoms with Crippen LogP contribution in [0.1, 0.15) is 37.4 Å². The molecule has 1 aliphatic heterocycles. The lowest BCUT2D eigenvalue weighted by atomic mass is 9.84. The summed E-state index contributed by atoms with van der Waals surface area (Å²) in [4.78, 5) is 43.6. The minimum Gasteiger partial charge on any atom is -0.465 e. The summed E-state index contributed by atoms with van der Waals surface area (Å²) in [6.45, 7) is 3.77. The number of ether oxygens (including phenoxy) is 2. The quantitative estimate of drug-likeness (QED) is 0.330. The maximum Gasteiger partial charge on any atom is 0.338 e. The molecule has 164 valence electrons. The van der Waals surface area contributed by atoms with E-state index in [1.807, 2.05) is 60.7 Å². The number of amides is 1. The first-order chi connectivity index (χ1) is 15.1. The monoisotopic (exact) mass is 425 g/mol. The van der Waals surface area contributed by atoms with Crippen LogP contribution in [-0.2, 0) is 35.1 Å². The van der Waals surface area contributed by atoms with Crippen molar-refractivity contribution in [3.05, 3.63) is 71.8 Å². The predicted molar refractivity (Wildman–Crippen MR) is 112 cm³/mol. The van der Waals surface area contributed by atoms with Crippen molar-refractivity contribution in [2.45, 2.75) is 38.8 Å². The molecule has 3 unspecified atom stereocenters. The lowest BCUT2D eigenvalue weighted by molar-refractivity contribution is -0.266. The Morgan fingerprint density at radius 2 is 1.55 bits per heavy atom. The van der Waals surface area contributed by atoms with Crippen LogP contribution in [0.25, 0.3) is 0 Å². The highest BCUT2D eigenvalue weighted by Crippen LogP contribution is 2.41. The van der Waals surface area contributed by atoms with Crippen molar-refractivity contribution in [1.29, 1.82) is 0 Å². The fourth-order valence-corrected chi connectivity index (χ4v) is 3.55. The fraction of sp³-hybridized carbons (Fsp3) is 0.375. The number of benzene rings is 2. The molecule has 31 heavy (non-hydrogen) atoms. The van der Waals surface area contributed by atoms with Crippen LogP contribution in [0.2, 0.25) is 0 Å². The molecule has 0 aromatic heterocycles. The Labute approximate surface area is 181 Å². The Balaban J connectivity index is 1.79. The van der Waals surface area contributed by atoms with Crippen LogP contribution >= 0.6 is 0 Å². The summed E-state index contributed by atoms with van der Waals surface area (Å²) in [6.07, 6.45) is -0.0690. The standard InChI is InChI=1S/C24H27NO6/c1-3-29-23(27)19(16-15-17-11-7-5-8-12-17)31-25-21(18-13-9-6-10-14-18)20(22(25)26)24(28)30-4-2/h5-14,19-21H,3-4,15-16H2,1-2H3. The number of hydrogen-bond acceptors (Lipinski definition) is 6. The van der Waals surface area contributed by atoms with Gasteiger partial charge in [0.05, 0.1) is 13.2 Å². The van der Waals surface area contributed by atoms with Gasteiger partial charge in [0.15, 0.2) is 12.0 Å². The SMILES string of the molecule is CCOC(=O)C(CCc1ccccc1)ON1C(=O)C(C(=O)OCC)C1c1ccccc1. The van der Waals surface area contributed by atoms with Crippen LogP contribution in [0, 0.1) is 5.92 Å². The van der Waals surface area contributed by atoms with E-state index >= 15 is 0 Å². The zero-order chi connectivity index (χ0) is 22.2. The summed E-state index contributed by atoms with van der Waals surface area (Å²) >= 11 is 0. The molecule has 1 fully saturated rings. The summed E-state index contributed by atoms with van der Waals surface area (Å²) in [5.74, 6) is -2.67. The number of β-lactam (4-membered cyclic amide) rings is 1. The molecule has 7 nitrogen and oxygen atoms in total. The topological polar surface area (TPSA) is 82.1 Å². The van der Waals surface area contributed by atoms with Gasteiger partial charge in [-0.2, -0.15) is 0 Å². The summed E-state index contributed by atoms with van der Waals surface area (Å²) in [5.41, 5.74) is 1.77. The molecule has 1 aliphatic rings. The second kappa shape index (κ2) is 10.7. The molecule has 0 aliphatic carbocycles. The summed E-state index contributed by atoms with van der Waals surface area (Å²) < 4.78 is 10.2. The Hall–Kier alpha value is -3.19. The van der Waals surface area contributed by atoms with E-state index in [0.717, 1.165) is 16.2 Å². The first-order valence-corrected chi connectivity index (χ1v) is 10.5. The van der Waals surface area contributed by atoms with E-state index in [9.17, 15) is 14.4 Å². The second-order valence-corrected chi connectivity index (χ2v) is 7.12. The van der Waals surface area contributed by atoms with Crippen molar-refractivity contribution in [1.82, 2.24) is 5.06 Å². The van der Waals surface area contributed by atoms with Gasteiger partial charge in [0, 0.05) is 0 Å². The molecule has 3 rings (SSSR count). The van der Waals surface area contributed by atoms with Gasteiger partial charge < -0.3 is 9.47 Å². The van der Waals surface area contributed by atoms with E-state index in [1.165, 1.54) is 0 Å². The molecular formula is C24H27NO6. The Bertz CT molecular complexity index is 885. The molecular weight excluding hydrogens is 398 g/mol. The lowest BCUT2D eigenvalue weighted by Crippen LogP contribution is -2.59. The maximum atomic E-state index is 12.8. The highest BCUT2D eigenvalue weighted by atomic mass is 16.7. The Morgan fingerprint density at radius 3 is 2.16 bits per heavy atom. The smallest absolute Gasteiger partial charge is 0.338 e. The molecule has 1 amide bonds. The highest BCUT2D eigenvalue weighted by Gasteiger charge is 2.55. The molecule has 0 N–H and O–H groups in total. The maximum absolute atomic E-state index is 12.8. The number of esters is 2. The van der Waals surface area contributed by atoms with Gasteiger partial charge in [0.1, 0.15) is 6.04 Å². The number of aryl methyl sites for hydroxylation is 1. The van der Waals surface area contributed by atoms with Gasteiger partial charge >= 0.3 is 11.9 Å². The zero-order valence-corrected chi connectivity index (χ0v) is 17.7. The molecule has 0 bridgehead atoms. The average molecular weight is 425 g/mol. The van der Waals surface area contributed by atoms with Crippen LogP contribution < -0.4 is 0 Å². The fourth-order valence-electron chi connectivity index (χ4n) is 3.55. The minimum absolute atomic E-state index is 0.174. The third kappa shape index (κ3) is 5.30. The average Bonchev–Trinajstić information content (AvgIpc) is 2.78. The van der Waals surface area contributed by atoms with Crippen LogP contribution in [-0.4, -0.2) is 42.2 Å². The van der Waals surface area contributed by atoms with Crippen molar-refractivity contribution in [3.63, 3.8) is 0 Å². The van der Waals surface area contributed by atoms with Gasteiger partial charge in [-0.3, -0.25) is 14.4 Å². The van der Waals surface area contributed by atoms with Crippen LogP contribution in [0.4, 0.5) is 0 Å². The largest absolute Gasteiger partial charge is 0.465 e. The molecule has 0 saturated carbocycles. The summed E-state index contributed by atoms with van der Waals surface area (Å²) in [7, 11) is 0. The van der Waals surface area contributed by atoms with Gasteiger partial charge in [0.2, 0.25) is 0 Å². The number of rotatable bonds is 10. The van der Waals surface area contributed by atoms with Crippen molar-refractivity contribution in [2.24, 2.45) is 5.92 Å². The molecule has 0 radical (unpaired) electrons. The summed E-state index contributed by atoms with van der Waals surface area (Å²) in [6, 6.07) is 18.1. The van der Waals surface area contributed by atoms with E-state index in [-0.39, 0.29) is 13.2 Å². The molecule has 2 aromatic carbocycles. The number of nitrogens with zero attached hydrogens (tertiary/aromatic N) is 1. The van der Waals surface area contributed by atoms with Gasteiger partial charge in [-0.25, -0.2) is 9.86 Å². The number of hydrogen-bond donors (Lipinski definition) is 0. The number of carbonyl (C=O) groups is 3. The van der Waals surface area contributed by atoms with E-state index in [1.54, 1.807) is 13.8 Å². The molecule has 7 heteroatoms. The van der Waals surface area contributed by atoms with Gasteiger partial charge in [-0.05, 0) is 37.8 Å². The lowest BCUT2D eigenvalue weighted by Gasteiger charge is -2.45. The second-order valence-electron chi connectivity index (χ2n) is 7.12. The van der Waals surface area contributed by atoms with Gasteiger partial charge in [-0.1, -0.05) is 60.7 Å². The van der Waals surface area contributed by atoms with Crippen molar-refractivity contribution >= 4 is 17.8 Å². The minimum atomic E-state index is -1.00. The molecule has 0 spiro atoms. The molecule has 1 heterocycles. The van der Waals surface area contributed by atoms with Crippen LogP contribution in [0.3, 0.4) is 0 Å². The van der Waals surface area contributed by atoms with Crippen LogP contribution in [0.5, 0.6) is 0 Å². The normalized spacial score (nSPS) is 18.8. The molecule has 1 saturated heterocycles. The number of carbonyl (C=O) groups excluding carboxylic acids is 3. The number of hydroxylamine groups is 2. The third-order valence-corrected chi connectivity index (χ3v) is 5.06. The highest BCUT2D eigenvalue weighted by molar-refractivity contribution is 6.03. The molecule has 2 aromatic rings. The van der Waals surface area contributed by atoms with E-state index < -0.39 is 35.9 Å². The molecule has 3 atom stereocenters. The van der Waals surface area contributed by atoms with Crippen molar-refractivity contribution in [3.8, 4) is 0 Å². The van der Waals surface area contributed by atoms with E-state index in [4.69, 9.17) is 14.3 Å².